The van der Waals surface area contributed by atoms with Crippen LogP contribution in [0.25, 0.3) is 165 Å². The molecule has 0 saturated heterocycles. The van der Waals surface area contributed by atoms with Crippen molar-refractivity contribution < 1.29 is 4.39 Å². The number of rotatable bonds is 5. The number of fused-ring (bicyclic) bond motifs is 10. The van der Waals surface area contributed by atoms with Crippen LogP contribution in [0.15, 0.2) is 289 Å². The molecule has 0 aliphatic rings. The zero-order valence-corrected chi connectivity index (χ0v) is 61.4. The molecule has 5 N–H and O–H groups in total. The molecule has 20 rings (SSSR count). The molecule has 0 unspecified atom stereocenters. The number of pyridine rings is 5. The van der Waals surface area contributed by atoms with Gasteiger partial charge in [0, 0.05) is 162 Å². The highest BCUT2D eigenvalue weighted by Gasteiger charge is 2.17. The summed E-state index contributed by atoms with van der Waals surface area (Å²) in [7, 11) is 0. The van der Waals surface area contributed by atoms with E-state index in [1.165, 1.54) is 61.4 Å². The monoisotopic (exact) mass is 1520 g/mol. The fourth-order valence-electron chi connectivity index (χ4n) is 13.7. The minimum absolute atomic E-state index is 0.286. The van der Waals surface area contributed by atoms with Crippen molar-refractivity contribution in [3.8, 4) is 80.8 Å². The van der Waals surface area contributed by atoms with Crippen LogP contribution in [0.3, 0.4) is 0 Å². The number of benzene rings is 10. The minimum Gasteiger partial charge on any atom is -0.360 e. The number of H-pyrrole nitrogens is 5. The van der Waals surface area contributed by atoms with Crippen molar-refractivity contribution in [2.75, 3.05) is 0 Å². The number of hydrogen-bond acceptors (Lipinski definition) is 5. The first-order chi connectivity index (χ1) is 51.8. The van der Waals surface area contributed by atoms with Crippen molar-refractivity contribution in [1.82, 2.24) is 49.8 Å². The zero-order chi connectivity index (χ0) is 72.5. The summed E-state index contributed by atoms with van der Waals surface area (Å²) in [6.45, 7) is 6.44. The van der Waals surface area contributed by atoms with Gasteiger partial charge in [-0.05, 0) is 160 Å². The summed E-state index contributed by atoms with van der Waals surface area (Å²) in [4.78, 5) is 40.0. The number of halogens is 4. The van der Waals surface area contributed by atoms with Crippen molar-refractivity contribution >= 4 is 152 Å². The van der Waals surface area contributed by atoms with Crippen LogP contribution in [0, 0.1) is 51.3 Å². The highest BCUT2D eigenvalue weighted by atomic mass is 79.9. The van der Waals surface area contributed by atoms with E-state index in [0.29, 0.717) is 10.5 Å². The van der Waals surface area contributed by atoms with Gasteiger partial charge in [0.25, 0.3) is 0 Å². The van der Waals surface area contributed by atoms with Gasteiger partial charge in [0.2, 0.25) is 0 Å². The second kappa shape index (κ2) is 29.2. The fourth-order valence-corrected chi connectivity index (χ4v) is 14.9. The SMILES string of the molecule is Brc1cccc2c(-c3cnc4ccccc4c3)c[nH]c12.C#Cc1cccc2c(-c3ccc4ccc(F)cc4n3)c[nH]c12.C#Cc1cccc2c(-c3ccc4cccc(Cl)c4n3)c[nH]c12.Cc1cc(-c2c[nH]c3ccccc23)nc2ccccc12.Cc1ccc2c(-c3ccc4cccc(Br)c4n3)c[nH]c2c1C. The van der Waals surface area contributed by atoms with Gasteiger partial charge >= 0.3 is 0 Å². The maximum Gasteiger partial charge on any atom is 0.125 e. The predicted octanol–water partition coefficient (Wildman–Crippen LogP) is 25.1. The van der Waals surface area contributed by atoms with Gasteiger partial charge in [-0.15, -0.1) is 12.8 Å². The van der Waals surface area contributed by atoms with E-state index < -0.39 is 0 Å². The lowest BCUT2D eigenvalue weighted by atomic mass is 10.0. The molecule has 0 aliphatic carbocycles. The first-order valence-corrected chi connectivity index (χ1v) is 36.2. The van der Waals surface area contributed by atoms with E-state index in [4.69, 9.17) is 39.4 Å². The topological polar surface area (TPSA) is 143 Å². The molecule has 0 bridgehead atoms. The first-order valence-electron chi connectivity index (χ1n) is 34.3. The van der Waals surface area contributed by atoms with E-state index in [0.717, 1.165) is 147 Å². The number of aromatic amines is 5. The number of para-hydroxylation sites is 8. The largest absolute Gasteiger partial charge is 0.360 e. The molecular formula is C92H62Br2ClFN10. The Morgan fingerprint density at radius 3 is 1.58 bits per heavy atom. The van der Waals surface area contributed by atoms with Crippen LogP contribution in [0.2, 0.25) is 5.02 Å². The molecule has 0 radical (unpaired) electrons. The molecule has 10 heterocycles. The second-order valence-corrected chi connectivity index (χ2v) is 27.8. The van der Waals surface area contributed by atoms with Gasteiger partial charge in [-0.2, -0.15) is 0 Å². The molecule has 20 aromatic rings. The Balaban J connectivity index is 0.000000102. The van der Waals surface area contributed by atoms with Crippen LogP contribution in [0.5, 0.6) is 0 Å². The van der Waals surface area contributed by atoms with Gasteiger partial charge in [-0.3, -0.25) is 4.98 Å². The summed E-state index contributed by atoms with van der Waals surface area (Å²) in [6, 6.07) is 80.1. The molecule has 0 spiro atoms. The average molecular weight is 1520 g/mol. The molecular weight excluding hydrogens is 1460 g/mol. The molecule has 10 aromatic heterocycles. The number of hydrogen-bond donors (Lipinski definition) is 5. The number of aryl methyl sites for hydroxylation is 3. The summed E-state index contributed by atoms with van der Waals surface area (Å²) in [5.74, 6) is 5.08. The maximum absolute atomic E-state index is 13.4. The quantitative estimate of drug-likeness (QED) is 0.109. The van der Waals surface area contributed by atoms with Gasteiger partial charge in [0.05, 0.1) is 71.9 Å². The van der Waals surface area contributed by atoms with E-state index in [1.54, 1.807) is 6.07 Å². The van der Waals surface area contributed by atoms with E-state index in [2.05, 4.69) is 203 Å². The van der Waals surface area contributed by atoms with Crippen LogP contribution >= 0.6 is 43.5 Å². The van der Waals surface area contributed by atoms with Crippen LogP contribution in [0.1, 0.15) is 27.8 Å². The molecule has 0 fully saturated rings. The molecule has 0 atom stereocenters. The van der Waals surface area contributed by atoms with E-state index in [-0.39, 0.29) is 5.82 Å². The lowest BCUT2D eigenvalue weighted by Gasteiger charge is -2.05. The van der Waals surface area contributed by atoms with Gasteiger partial charge in [0.1, 0.15) is 5.82 Å². The molecule has 10 aromatic carbocycles. The van der Waals surface area contributed by atoms with Crippen LogP contribution < -0.4 is 0 Å². The average Bonchev–Trinajstić information content (AvgIpc) is 1.61. The molecule has 106 heavy (non-hydrogen) atoms. The molecule has 14 heteroatoms. The predicted molar refractivity (Wildman–Crippen MR) is 446 cm³/mol. The summed E-state index contributed by atoms with van der Waals surface area (Å²) >= 11 is 13.4. The third kappa shape index (κ3) is 13.2. The number of nitrogens with one attached hydrogen (secondary N) is 5. The summed E-state index contributed by atoms with van der Waals surface area (Å²) < 4.78 is 15.5. The summed E-state index contributed by atoms with van der Waals surface area (Å²) in [6.07, 6.45) is 23.0. The third-order valence-corrected chi connectivity index (χ3v) is 20.9. The zero-order valence-electron chi connectivity index (χ0n) is 57.5. The Labute approximate surface area is 631 Å². The van der Waals surface area contributed by atoms with E-state index in [9.17, 15) is 4.39 Å². The van der Waals surface area contributed by atoms with Gasteiger partial charge in [-0.1, -0.05) is 169 Å². The third-order valence-electron chi connectivity index (χ3n) is 19.3. The van der Waals surface area contributed by atoms with Crippen molar-refractivity contribution in [2.45, 2.75) is 20.8 Å². The normalized spacial score (nSPS) is 11.1. The van der Waals surface area contributed by atoms with Crippen molar-refractivity contribution in [2.24, 2.45) is 0 Å². The highest BCUT2D eigenvalue weighted by Crippen LogP contribution is 2.38. The van der Waals surface area contributed by atoms with Gasteiger partial charge < -0.3 is 24.9 Å². The van der Waals surface area contributed by atoms with Crippen molar-refractivity contribution in [3.05, 3.63) is 327 Å². The lowest BCUT2D eigenvalue weighted by molar-refractivity contribution is 0.629. The van der Waals surface area contributed by atoms with Crippen molar-refractivity contribution in [3.63, 3.8) is 0 Å². The Morgan fingerprint density at radius 2 is 0.868 bits per heavy atom. The Kier molecular flexibility index (Phi) is 18.6. The second-order valence-electron chi connectivity index (χ2n) is 25.7. The minimum atomic E-state index is -0.286. The van der Waals surface area contributed by atoms with Crippen LogP contribution in [-0.4, -0.2) is 49.8 Å². The maximum atomic E-state index is 13.4. The Hall–Kier alpha value is -12.8. The molecule has 0 saturated carbocycles. The number of aromatic nitrogens is 10. The smallest absolute Gasteiger partial charge is 0.125 e. The lowest BCUT2D eigenvalue weighted by Crippen LogP contribution is -1.87. The molecule has 10 nitrogen and oxygen atoms in total. The number of terminal acetylenes is 2. The number of nitrogens with zero attached hydrogens (tertiary/aromatic N) is 5. The first kappa shape index (κ1) is 67.7. The summed E-state index contributed by atoms with van der Waals surface area (Å²) in [5.41, 5.74) is 25.7. The van der Waals surface area contributed by atoms with Crippen molar-refractivity contribution in [1.29, 1.82) is 0 Å². The van der Waals surface area contributed by atoms with Crippen LogP contribution in [0.4, 0.5) is 4.39 Å². The Morgan fingerprint density at radius 1 is 0.368 bits per heavy atom. The standard InChI is InChI=1S/C19H15BrN2.C19H11ClN2.C19H11FN2.C18H14N2.C17H11BrN2/c1-11-6-8-14-15(10-21-18(14)12(11)2)17-9-7-13-4-3-5-16(20)19(13)22-17;1-2-12-5-3-7-14-15(11-21-18(12)14)17-10-9-13-6-4-8-16(20)19(13)22-17;1-2-12-4-3-5-15-16(11-21-19(12)15)17-9-7-13-6-8-14(20)10-18(13)22-17;1-12-10-18(20-17-9-5-2-6-13(12)17)15-11-19-16-8-4-3-7-14(15)16;18-15-6-3-5-13-14(10-20-17(13)15)12-8-11-4-1-2-7-16(11)19-9-12/h3-10,21H,1-2H3;2*1,3-11,21H;2-11,19H,1H3;1-10,20H. The Bertz CT molecular complexity index is 6890. The van der Waals surface area contributed by atoms with Gasteiger partial charge in [-0.25, -0.2) is 24.3 Å². The van der Waals surface area contributed by atoms with Gasteiger partial charge in [0.15, 0.2) is 0 Å². The fraction of sp³-hybridized carbons (Fsp3) is 0.0326. The molecule has 508 valence electrons. The molecule has 0 aliphatic heterocycles. The highest BCUT2D eigenvalue weighted by molar-refractivity contribution is 9.11. The van der Waals surface area contributed by atoms with E-state index in [1.807, 2.05) is 158 Å². The van der Waals surface area contributed by atoms with E-state index >= 15 is 0 Å². The molecule has 0 amide bonds. The summed E-state index contributed by atoms with van der Waals surface area (Å²) in [5, 5.41) is 11.8. The van der Waals surface area contributed by atoms with Crippen LogP contribution in [-0.2, 0) is 0 Å².